The maximum absolute atomic E-state index is 3.27. The van der Waals surface area contributed by atoms with Gasteiger partial charge in [-0.05, 0) is 75.8 Å². The largest absolute Gasteiger partial charge is 0.320 e. The van der Waals surface area contributed by atoms with Crippen molar-refractivity contribution in [1.82, 2.24) is 5.32 Å². The van der Waals surface area contributed by atoms with Gasteiger partial charge in [0.15, 0.2) is 0 Å². The topological polar surface area (TPSA) is 12.0 Å². The summed E-state index contributed by atoms with van der Waals surface area (Å²) in [5.41, 5.74) is 0. The smallest absolute Gasteiger partial charge is 0.00518 e. The Bertz CT molecular complexity index is 200. The molecule has 16 heavy (non-hydrogen) atoms. The average Bonchev–Trinajstić information content (AvgIpc) is 2.29. The van der Waals surface area contributed by atoms with Crippen LogP contribution in [0.15, 0.2) is 0 Å². The van der Waals surface area contributed by atoms with E-state index in [4.69, 9.17) is 0 Å². The van der Waals surface area contributed by atoms with Crippen LogP contribution in [0.4, 0.5) is 0 Å². The number of hydrogen-bond acceptors (Lipinski definition) is 1. The van der Waals surface area contributed by atoms with Gasteiger partial charge in [0.1, 0.15) is 0 Å². The van der Waals surface area contributed by atoms with Crippen LogP contribution < -0.4 is 5.32 Å². The molecule has 2 rings (SSSR count). The van der Waals surface area contributed by atoms with Gasteiger partial charge in [-0.25, -0.2) is 0 Å². The first-order chi connectivity index (χ1) is 7.79. The molecule has 2 saturated carbocycles. The molecule has 0 amide bonds. The molecule has 1 heteroatoms. The Morgan fingerprint density at radius 3 is 2.62 bits per heavy atom. The van der Waals surface area contributed by atoms with Gasteiger partial charge in [-0.2, -0.15) is 0 Å². The van der Waals surface area contributed by atoms with Crippen LogP contribution in [-0.2, 0) is 0 Å². The zero-order chi connectivity index (χ0) is 11.4. The zero-order valence-corrected chi connectivity index (χ0v) is 11.2. The molecule has 2 aliphatic rings. The fraction of sp³-hybridized carbons (Fsp3) is 1.00. The molecule has 0 heterocycles. The third kappa shape index (κ3) is 3.23. The molecule has 0 aromatic heterocycles. The summed E-state index contributed by atoms with van der Waals surface area (Å²) in [5, 5.41) is 3.27. The number of fused-ring (bicyclic) bond motifs is 1. The van der Waals surface area contributed by atoms with E-state index >= 15 is 0 Å². The Morgan fingerprint density at radius 2 is 1.81 bits per heavy atom. The standard InChI is InChI=1S/C15H29N/c1-12-5-7-14-8-6-13(4-3-9-16-2)11-15(14)10-12/h12-16H,3-11H2,1-2H3. The Balaban J connectivity index is 1.74. The van der Waals surface area contributed by atoms with Gasteiger partial charge >= 0.3 is 0 Å². The predicted molar refractivity (Wildman–Crippen MR) is 70.5 cm³/mol. The molecular formula is C15H29N. The lowest BCUT2D eigenvalue weighted by Crippen LogP contribution is -2.30. The highest BCUT2D eigenvalue weighted by Gasteiger charge is 2.33. The summed E-state index contributed by atoms with van der Waals surface area (Å²) in [7, 11) is 2.07. The monoisotopic (exact) mass is 223 g/mol. The van der Waals surface area contributed by atoms with Crippen LogP contribution in [0, 0.1) is 23.7 Å². The first-order valence-electron chi connectivity index (χ1n) is 7.44. The molecule has 2 fully saturated rings. The second-order valence-electron chi connectivity index (χ2n) is 6.36. The Hall–Kier alpha value is -0.0400. The Labute approximate surface area is 101 Å². The van der Waals surface area contributed by atoms with E-state index in [2.05, 4.69) is 19.3 Å². The highest BCUT2D eigenvalue weighted by Crippen LogP contribution is 2.45. The van der Waals surface area contributed by atoms with E-state index in [-0.39, 0.29) is 0 Å². The molecule has 94 valence electrons. The summed E-state index contributed by atoms with van der Waals surface area (Å²) in [6.45, 7) is 3.67. The highest BCUT2D eigenvalue weighted by atomic mass is 14.8. The van der Waals surface area contributed by atoms with Crippen molar-refractivity contribution < 1.29 is 0 Å². The fourth-order valence-corrected chi connectivity index (χ4v) is 4.06. The summed E-state index contributed by atoms with van der Waals surface area (Å²) in [4.78, 5) is 0. The van der Waals surface area contributed by atoms with Gasteiger partial charge in [-0.1, -0.05) is 19.8 Å². The first-order valence-corrected chi connectivity index (χ1v) is 7.44. The van der Waals surface area contributed by atoms with Crippen molar-refractivity contribution in [3.63, 3.8) is 0 Å². The van der Waals surface area contributed by atoms with Crippen LogP contribution in [0.5, 0.6) is 0 Å². The third-order valence-electron chi connectivity index (χ3n) is 5.02. The van der Waals surface area contributed by atoms with Gasteiger partial charge in [-0.3, -0.25) is 0 Å². The fourth-order valence-electron chi connectivity index (χ4n) is 4.06. The van der Waals surface area contributed by atoms with E-state index in [1.807, 2.05) is 0 Å². The van der Waals surface area contributed by atoms with E-state index in [9.17, 15) is 0 Å². The molecular weight excluding hydrogens is 194 g/mol. The SMILES string of the molecule is CNCCCC1CCC2CCC(C)CC2C1. The van der Waals surface area contributed by atoms with Crippen molar-refractivity contribution in [3.05, 3.63) is 0 Å². The summed E-state index contributed by atoms with van der Waals surface area (Å²) in [6, 6.07) is 0. The van der Waals surface area contributed by atoms with Crippen LogP contribution in [-0.4, -0.2) is 13.6 Å². The van der Waals surface area contributed by atoms with Gasteiger partial charge in [0.2, 0.25) is 0 Å². The van der Waals surface area contributed by atoms with Crippen LogP contribution in [0.2, 0.25) is 0 Å². The molecule has 0 saturated heterocycles. The number of hydrogen-bond donors (Lipinski definition) is 1. The summed E-state index contributed by atoms with van der Waals surface area (Å²) in [6.07, 6.45) is 12.1. The van der Waals surface area contributed by atoms with Gasteiger partial charge in [0.25, 0.3) is 0 Å². The van der Waals surface area contributed by atoms with Crippen LogP contribution in [0.3, 0.4) is 0 Å². The normalized spacial score (nSPS) is 39.4. The average molecular weight is 223 g/mol. The lowest BCUT2D eigenvalue weighted by atomic mass is 9.64. The quantitative estimate of drug-likeness (QED) is 0.714. The van der Waals surface area contributed by atoms with Crippen molar-refractivity contribution in [2.24, 2.45) is 23.7 Å². The van der Waals surface area contributed by atoms with Crippen molar-refractivity contribution >= 4 is 0 Å². The van der Waals surface area contributed by atoms with Crippen molar-refractivity contribution in [3.8, 4) is 0 Å². The molecule has 0 aromatic rings. The minimum atomic E-state index is 1.01. The summed E-state index contributed by atoms with van der Waals surface area (Å²) in [5.74, 6) is 4.27. The van der Waals surface area contributed by atoms with Gasteiger partial charge in [-0.15, -0.1) is 0 Å². The molecule has 2 aliphatic carbocycles. The molecule has 0 spiro atoms. The lowest BCUT2D eigenvalue weighted by Gasteiger charge is -2.41. The van der Waals surface area contributed by atoms with E-state index < -0.39 is 0 Å². The zero-order valence-electron chi connectivity index (χ0n) is 11.2. The van der Waals surface area contributed by atoms with Gasteiger partial charge in [0.05, 0.1) is 0 Å². The van der Waals surface area contributed by atoms with Crippen molar-refractivity contribution in [1.29, 1.82) is 0 Å². The minimum Gasteiger partial charge on any atom is -0.320 e. The van der Waals surface area contributed by atoms with E-state index in [0.29, 0.717) is 0 Å². The maximum atomic E-state index is 3.27. The Morgan fingerprint density at radius 1 is 1.00 bits per heavy atom. The van der Waals surface area contributed by atoms with Crippen LogP contribution in [0.1, 0.15) is 58.3 Å². The lowest BCUT2D eigenvalue weighted by molar-refractivity contribution is 0.0994. The van der Waals surface area contributed by atoms with E-state index in [1.165, 1.54) is 45.1 Å². The van der Waals surface area contributed by atoms with Gasteiger partial charge in [0, 0.05) is 0 Å². The second kappa shape index (κ2) is 6.05. The molecule has 0 bridgehead atoms. The third-order valence-corrected chi connectivity index (χ3v) is 5.02. The first kappa shape index (κ1) is 12.4. The van der Waals surface area contributed by atoms with Crippen molar-refractivity contribution in [2.75, 3.05) is 13.6 Å². The summed E-state index contributed by atoms with van der Waals surface area (Å²) < 4.78 is 0. The molecule has 1 nitrogen and oxygen atoms in total. The van der Waals surface area contributed by atoms with Crippen molar-refractivity contribution in [2.45, 2.75) is 58.3 Å². The van der Waals surface area contributed by atoms with E-state index in [0.717, 1.165) is 23.7 Å². The second-order valence-corrected chi connectivity index (χ2v) is 6.36. The van der Waals surface area contributed by atoms with Crippen LogP contribution in [0.25, 0.3) is 0 Å². The van der Waals surface area contributed by atoms with Crippen LogP contribution >= 0.6 is 0 Å². The minimum absolute atomic E-state index is 1.01. The molecule has 4 unspecified atom stereocenters. The number of rotatable bonds is 4. The predicted octanol–water partition coefficient (Wildman–Crippen LogP) is 3.84. The molecule has 0 aliphatic heterocycles. The highest BCUT2D eigenvalue weighted by molar-refractivity contribution is 4.85. The number of nitrogens with one attached hydrogen (secondary N) is 1. The Kier molecular flexibility index (Phi) is 4.69. The van der Waals surface area contributed by atoms with Gasteiger partial charge < -0.3 is 5.32 Å². The summed E-state index contributed by atoms with van der Waals surface area (Å²) >= 11 is 0. The molecule has 0 radical (unpaired) electrons. The molecule has 1 N–H and O–H groups in total. The van der Waals surface area contributed by atoms with E-state index in [1.54, 1.807) is 12.8 Å². The maximum Gasteiger partial charge on any atom is -0.00518 e. The molecule has 0 aromatic carbocycles. The molecule has 4 atom stereocenters.